The normalized spacial score (nSPS) is 11.4. The molecule has 1 rings (SSSR count). The van der Waals surface area contributed by atoms with Crippen LogP contribution in [-0.2, 0) is 16.1 Å². The van der Waals surface area contributed by atoms with E-state index >= 15 is 0 Å². The van der Waals surface area contributed by atoms with Gasteiger partial charge in [0.05, 0.1) is 6.61 Å². The molecule has 0 amide bonds. The molecular weight excluding hydrogens is 298 g/mol. The van der Waals surface area contributed by atoms with E-state index in [1.807, 2.05) is 18.2 Å². The molecule has 18 heavy (non-hydrogen) atoms. The highest BCUT2D eigenvalue weighted by atomic mass is 79.9. The Morgan fingerprint density at radius 1 is 1.56 bits per heavy atom. The summed E-state index contributed by atoms with van der Waals surface area (Å²) in [6.45, 7) is 2.53. The lowest BCUT2D eigenvalue weighted by molar-refractivity contribution is -0.132. The van der Waals surface area contributed by atoms with E-state index in [0.29, 0.717) is 18.7 Å². The van der Waals surface area contributed by atoms with E-state index in [0.717, 1.165) is 15.7 Å². The summed E-state index contributed by atoms with van der Waals surface area (Å²) in [5, 5.41) is 11.9. The molecule has 0 heterocycles. The Kier molecular flexibility index (Phi) is 5.88. The quantitative estimate of drug-likeness (QED) is 0.793. The molecule has 0 aliphatic heterocycles. The average molecular weight is 314 g/mol. The van der Waals surface area contributed by atoms with Crippen LogP contribution in [0.1, 0.15) is 12.5 Å². The molecule has 4 nitrogen and oxygen atoms in total. The van der Waals surface area contributed by atoms with Gasteiger partial charge in [-0.15, -0.1) is 0 Å². The Morgan fingerprint density at radius 3 is 2.89 bits per heavy atom. The molecular formula is C13H16BrNO3. The number of benzene rings is 1. The number of rotatable bonds is 6. The third-order valence-electron chi connectivity index (χ3n) is 2.45. The number of methoxy groups -OCH3 is 1. The van der Waals surface area contributed by atoms with Gasteiger partial charge in [-0.2, -0.15) is 0 Å². The fourth-order valence-corrected chi connectivity index (χ4v) is 1.90. The Labute approximate surface area is 115 Å². The van der Waals surface area contributed by atoms with E-state index in [1.54, 1.807) is 20.1 Å². The number of carboxylic acid groups (broad SMARTS) is 1. The van der Waals surface area contributed by atoms with Crippen LogP contribution in [0.2, 0.25) is 0 Å². The van der Waals surface area contributed by atoms with E-state index < -0.39 is 5.97 Å². The molecule has 1 aromatic carbocycles. The van der Waals surface area contributed by atoms with Crippen LogP contribution < -0.4 is 5.32 Å². The summed E-state index contributed by atoms with van der Waals surface area (Å²) >= 11 is 3.46. The first kappa shape index (κ1) is 14.7. The molecule has 0 aliphatic rings. The van der Waals surface area contributed by atoms with Gasteiger partial charge in [0.2, 0.25) is 0 Å². The third-order valence-corrected chi connectivity index (χ3v) is 3.19. The maximum absolute atomic E-state index is 10.6. The highest BCUT2D eigenvalue weighted by molar-refractivity contribution is 9.10. The van der Waals surface area contributed by atoms with Gasteiger partial charge in [-0.25, -0.2) is 4.79 Å². The van der Waals surface area contributed by atoms with Crippen molar-refractivity contribution in [2.24, 2.45) is 0 Å². The summed E-state index contributed by atoms with van der Waals surface area (Å²) in [5.74, 6) is -0.900. The number of nitrogens with one attached hydrogen (secondary N) is 1. The Bertz CT molecular complexity index is 458. The number of hydrogen-bond acceptors (Lipinski definition) is 3. The highest BCUT2D eigenvalue weighted by Gasteiger charge is 2.05. The molecule has 0 bridgehead atoms. The van der Waals surface area contributed by atoms with Crippen LogP contribution >= 0.6 is 15.9 Å². The molecule has 5 heteroatoms. The SMILES string of the molecule is COCc1c(Br)cccc1NC/C=C(/C)C(=O)O. The molecule has 0 aliphatic carbocycles. The standard InChI is InChI=1S/C13H16BrNO3/c1-9(13(16)17)6-7-15-12-5-3-4-11(14)10(12)8-18-2/h3-6,15H,7-8H2,1-2H3,(H,16,17)/b9-6-. The number of carboxylic acids is 1. The molecule has 0 unspecified atom stereocenters. The van der Waals surface area contributed by atoms with E-state index in [9.17, 15) is 4.79 Å². The van der Waals surface area contributed by atoms with E-state index in [1.165, 1.54) is 0 Å². The zero-order chi connectivity index (χ0) is 13.5. The fraction of sp³-hybridized carbons (Fsp3) is 0.308. The van der Waals surface area contributed by atoms with Crippen LogP contribution in [0.15, 0.2) is 34.3 Å². The van der Waals surface area contributed by atoms with Crippen molar-refractivity contribution in [3.8, 4) is 0 Å². The van der Waals surface area contributed by atoms with E-state index in [4.69, 9.17) is 9.84 Å². The summed E-state index contributed by atoms with van der Waals surface area (Å²) < 4.78 is 6.10. The second-order valence-corrected chi connectivity index (χ2v) is 4.63. The summed E-state index contributed by atoms with van der Waals surface area (Å²) in [4.78, 5) is 10.6. The Morgan fingerprint density at radius 2 is 2.28 bits per heavy atom. The van der Waals surface area contributed by atoms with Crippen molar-refractivity contribution < 1.29 is 14.6 Å². The average Bonchev–Trinajstić information content (AvgIpc) is 2.33. The number of carbonyl (C=O) groups is 1. The lowest BCUT2D eigenvalue weighted by Crippen LogP contribution is -2.05. The molecule has 0 fully saturated rings. The van der Waals surface area contributed by atoms with Gasteiger partial charge in [0.15, 0.2) is 0 Å². The molecule has 2 N–H and O–H groups in total. The second-order valence-electron chi connectivity index (χ2n) is 3.77. The van der Waals surface area contributed by atoms with Crippen LogP contribution in [-0.4, -0.2) is 24.7 Å². The Hall–Kier alpha value is -1.33. The molecule has 0 saturated heterocycles. The topological polar surface area (TPSA) is 58.6 Å². The van der Waals surface area contributed by atoms with Gasteiger partial charge in [0.25, 0.3) is 0 Å². The zero-order valence-corrected chi connectivity index (χ0v) is 12.0. The fourth-order valence-electron chi connectivity index (χ4n) is 1.42. The summed E-state index contributed by atoms with van der Waals surface area (Å²) in [6.07, 6.45) is 1.64. The van der Waals surface area contributed by atoms with Crippen LogP contribution in [0.4, 0.5) is 5.69 Å². The number of anilines is 1. The van der Waals surface area contributed by atoms with Crippen LogP contribution in [0, 0.1) is 0 Å². The number of ether oxygens (including phenoxy) is 1. The lowest BCUT2D eigenvalue weighted by Gasteiger charge is -2.12. The monoisotopic (exact) mass is 313 g/mol. The second kappa shape index (κ2) is 7.18. The van der Waals surface area contributed by atoms with Crippen LogP contribution in [0.3, 0.4) is 0 Å². The summed E-state index contributed by atoms with van der Waals surface area (Å²) in [6, 6.07) is 5.79. The van der Waals surface area contributed by atoms with Gasteiger partial charge in [0.1, 0.15) is 0 Å². The molecule has 0 saturated carbocycles. The van der Waals surface area contributed by atoms with Gasteiger partial charge in [-0.05, 0) is 19.1 Å². The maximum Gasteiger partial charge on any atom is 0.331 e. The van der Waals surface area contributed by atoms with E-state index in [2.05, 4.69) is 21.2 Å². The number of halogens is 1. The van der Waals surface area contributed by atoms with Gasteiger partial charge in [-0.1, -0.05) is 28.1 Å². The van der Waals surface area contributed by atoms with Crippen molar-refractivity contribution in [3.05, 3.63) is 39.9 Å². The van der Waals surface area contributed by atoms with Crippen molar-refractivity contribution in [1.29, 1.82) is 0 Å². The third kappa shape index (κ3) is 4.16. The highest BCUT2D eigenvalue weighted by Crippen LogP contribution is 2.25. The van der Waals surface area contributed by atoms with Crippen molar-refractivity contribution in [1.82, 2.24) is 0 Å². The molecule has 0 atom stereocenters. The summed E-state index contributed by atoms with van der Waals surface area (Å²) in [7, 11) is 1.64. The minimum absolute atomic E-state index is 0.325. The molecule has 0 aromatic heterocycles. The number of hydrogen-bond donors (Lipinski definition) is 2. The predicted molar refractivity (Wildman–Crippen MR) is 74.7 cm³/mol. The smallest absolute Gasteiger partial charge is 0.331 e. The van der Waals surface area contributed by atoms with Gasteiger partial charge in [-0.3, -0.25) is 0 Å². The number of aliphatic carboxylic acids is 1. The Balaban J connectivity index is 2.76. The van der Waals surface area contributed by atoms with Gasteiger partial charge in [0, 0.05) is 35.0 Å². The first-order valence-corrected chi connectivity index (χ1v) is 6.25. The predicted octanol–water partition coefficient (Wildman–Crippen LogP) is 3.04. The van der Waals surface area contributed by atoms with Crippen molar-refractivity contribution in [2.75, 3.05) is 19.0 Å². The molecule has 0 radical (unpaired) electrons. The van der Waals surface area contributed by atoms with Gasteiger partial charge >= 0.3 is 5.97 Å². The lowest BCUT2D eigenvalue weighted by atomic mass is 10.2. The minimum atomic E-state index is -0.900. The maximum atomic E-state index is 10.6. The van der Waals surface area contributed by atoms with Crippen LogP contribution in [0.25, 0.3) is 0 Å². The first-order valence-electron chi connectivity index (χ1n) is 5.46. The largest absolute Gasteiger partial charge is 0.478 e. The van der Waals surface area contributed by atoms with Crippen molar-refractivity contribution in [3.63, 3.8) is 0 Å². The van der Waals surface area contributed by atoms with E-state index in [-0.39, 0.29) is 0 Å². The molecule has 98 valence electrons. The zero-order valence-electron chi connectivity index (χ0n) is 10.4. The molecule has 1 aromatic rings. The molecule has 0 spiro atoms. The van der Waals surface area contributed by atoms with Gasteiger partial charge < -0.3 is 15.2 Å². The van der Waals surface area contributed by atoms with Crippen LogP contribution in [0.5, 0.6) is 0 Å². The van der Waals surface area contributed by atoms with Crippen molar-refractivity contribution in [2.45, 2.75) is 13.5 Å². The first-order chi connectivity index (χ1) is 8.56. The summed E-state index contributed by atoms with van der Waals surface area (Å²) in [5.41, 5.74) is 2.27. The minimum Gasteiger partial charge on any atom is -0.478 e. The van der Waals surface area contributed by atoms with Crippen molar-refractivity contribution >= 4 is 27.6 Å².